The van der Waals surface area contributed by atoms with Crippen LogP contribution in [0.5, 0.6) is 0 Å². The number of esters is 1. The predicted molar refractivity (Wildman–Crippen MR) is 76.0 cm³/mol. The van der Waals surface area contributed by atoms with Crippen LogP contribution in [-0.2, 0) is 11.3 Å². The maximum atomic E-state index is 11.3. The van der Waals surface area contributed by atoms with Gasteiger partial charge in [-0.3, -0.25) is 9.88 Å². The molecule has 19 heavy (non-hydrogen) atoms. The quantitative estimate of drug-likeness (QED) is 0.710. The molecule has 4 heteroatoms. The Kier molecular flexibility index (Phi) is 6.50. The van der Waals surface area contributed by atoms with Crippen LogP contribution in [0.15, 0.2) is 18.3 Å². The van der Waals surface area contributed by atoms with Crippen molar-refractivity contribution < 1.29 is 9.53 Å². The third-order valence-corrected chi connectivity index (χ3v) is 3.35. The summed E-state index contributed by atoms with van der Waals surface area (Å²) in [6.45, 7) is 9.53. The van der Waals surface area contributed by atoms with E-state index in [2.05, 4.69) is 35.4 Å². The van der Waals surface area contributed by atoms with E-state index in [0.717, 1.165) is 25.3 Å². The molecule has 1 atom stereocenters. The van der Waals surface area contributed by atoms with Crippen LogP contribution >= 0.6 is 0 Å². The summed E-state index contributed by atoms with van der Waals surface area (Å²) in [4.78, 5) is 18.0. The monoisotopic (exact) mass is 264 g/mol. The second kappa shape index (κ2) is 7.89. The number of carbonyl (C=O) groups excluding carboxylic acids is 1. The van der Waals surface area contributed by atoms with Gasteiger partial charge >= 0.3 is 5.97 Å². The molecule has 0 bridgehead atoms. The van der Waals surface area contributed by atoms with Gasteiger partial charge in [-0.15, -0.1) is 0 Å². The second-order valence-electron chi connectivity index (χ2n) is 4.87. The minimum atomic E-state index is -0.342. The van der Waals surface area contributed by atoms with E-state index in [-0.39, 0.29) is 5.97 Å². The van der Waals surface area contributed by atoms with Crippen LogP contribution in [0.4, 0.5) is 0 Å². The average molecular weight is 264 g/mol. The van der Waals surface area contributed by atoms with Crippen molar-refractivity contribution in [3.63, 3.8) is 0 Å². The van der Waals surface area contributed by atoms with Gasteiger partial charge in [-0.05, 0) is 24.6 Å². The van der Waals surface area contributed by atoms with Gasteiger partial charge < -0.3 is 4.74 Å². The van der Waals surface area contributed by atoms with Gasteiger partial charge in [0.05, 0.1) is 18.4 Å². The molecule has 1 heterocycles. The van der Waals surface area contributed by atoms with Crippen molar-refractivity contribution in [2.45, 2.75) is 33.7 Å². The number of pyridine rings is 1. The molecule has 0 radical (unpaired) electrons. The van der Waals surface area contributed by atoms with Crippen LogP contribution in [0.2, 0.25) is 0 Å². The Morgan fingerprint density at radius 2 is 2.16 bits per heavy atom. The first kappa shape index (κ1) is 15.6. The molecule has 0 N–H and O–H groups in total. The topological polar surface area (TPSA) is 42.4 Å². The molecule has 1 rings (SSSR count). The molecule has 0 fully saturated rings. The Morgan fingerprint density at radius 1 is 1.42 bits per heavy atom. The normalized spacial score (nSPS) is 12.5. The van der Waals surface area contributed by atoms with Crippen LogP contribution in [0, 0.1) is 5.92 Å². The number of aromatic nitrogens is 1. The first-order valence-corrected chi connectivity index (χ1v) is 6.86. The summed E-state index contributed by atoms with van der Waals surface area (Å²) in [5.74, 6) is 0.347. The van der Waals surface area contributed by atoms with Gasteiger partial charge in [-0.25, -0.2) is 4.79 Å². The van der Waals surface area contributed by atoms with Crippen LogP contribution in [0.3, 0.4) is 0 Å². The van der Waals surface area contributed by atoms with Crippen molar-refractivity contribution in [2.75, 3.05) is 20.2 Å². The second-order valence-corrected chi connectivity index (χ2v) is 4.87. The van der Waals surface area contributed by atoms with Gasteiger partial charge in [0.1, 0.15) is 0 Å². The lowest BCUT2D eigenvalue weighted by Crippen LogP contribution is -2.28. The first-order valence-electron chi connectivity index (χ1n) is 6.86. The van der Waals surface area contributed by atoms with Crippen molar-refractivity contribution in [2.24, 2.45) is 5.92 Å². The molecule has 106 valence electrons. The molecule has 0 aliphatic heterocycles. The Morgan fingerprint density at radius 3 is 2.63 bits per heavy atom. The molecular weight excluding hydrogens is 240 g/mol. The summed E-state index contributed by atoms with van der Waals surface area (Å²) < 4.78 is 4.66. The van der Waals surface area contributed by atoms with Crippen LogP contribution in [0.25, 0.3) is 0 Å². The minimum Gasteiger partial charge on any atom is -0.465 e. The van der Waals surface area contributed by atoms with E-state index < -0.39 is 0 Å². The van der Waals surface area contributed by atoms with Gasteiger partial charge in [0, 0.05) is 19.3 Å². The molecule has 0 saturated carbocycles. The molecule has 0 aromatic carbocycles. The number of ether oxygens (including phenoxy) is 1. The number of hydrogen-bond acceptors (Lipinski definition) is 4. The summed E-state index contributed by atoms with van der Waals surface area (Å²) in [6, 6.07) is 3.66. The minimum absolute atomic E-state index is 0.342. The number of hydrogen-bond donors (Lipinski definition) is 0. The molecular formula is C15H24N2O2. The van der Waals surface area contributed by atoms with E-state index in [1.807, 2.05) is 6.07 Å². The lowest BCUT2D eigenvalue weighted by atomic mass is 10.1. The number of nitrogens with zero attached hydrogens (tertiary/aromatic N) is 2. The smallest absolute Gasteiger partial charge is 0.339 e. The maximum Gasteiger partial charge on any atom is 0.339 e. The highest BCUT2D eigenvalue weighted by Gasteiger charge is 2.10. The summed E-state index contributed by atoms with van der Waals surface area (Å²) in [7, 11) is 1.38. The third kappa shape index (κ3) is 4.99. The highest BCUT2D eigenvalue weighted by atomic mass is 16.5. The average Bonchev–Trinajstić information content (AvgIpc) is 2.46. The van der Waals surface area contributed by atoms with E-state index in [1.54, 1.807) is 12.3 Å². The third-order valence-electron chi connectivity index (χ3n) is 3.35. The Hall–Kier alpha value is -1.42. The van der Waals surface area contributed by atoms with Crippen molar-refractivity contribution in [3.05, 3.63) is 29.6 Å². The number of methoxy groups -OCH3 is 1. The molecule has 0 aliphatic rings. The van der Waals surface area contributed by atoms with Crippen LogP contribution < -0.4 is 0 Å². The van der Waals surface area contributed by atoms with E-state index >= 15 is 0 Å². The lowest BCUT2D eigenvalue weighted by molar-refractivity contribution is 0.0600. The molecule has 4 nitrogen and oxygen atoms in total. The molecule has 1 aromatic heterocycles. The molecule has 0 spiro atoms. The van der Waals surface area contributed by atoms with Crippen molar-refractivity contribution >= 4 is 5.97 Å². The van der Waals surface area contributed by atoms with E-state index in [9.17, 15) is 4.79 Å². The fraction of sp³-hybridized carbons (Fsp3) is 0.600. The zero-order chi connectivity index (χ0) is 14.3. The predicted octanol–water partition coefficient (Wildman–Crippen LogP) is 2.74. The SMILES string of the molecule is CCC(C)CN(CC)Cc1ccc(C(=O)OC)cn1. The van der Waals surface area contributed by atoms with Crippen molar-refractivity contribution in [1.29, 1.82) is 0 Å². The van der Waals surface area contributed by atoms with E-state index in [1.165, 1.54) is 13.5 Å². The fourth-order valence-corrected chi connectivity index (χ4v) is 1.86. The van der Waals surface area contributed by atoms with Crippen molar-refractivity contribution in [1.82, 2.24) is 9.88 Å². The molecule has 1 unspecified atom stereocenters. The molecule has 0 saturated heterocycles. The standard InChI is InChI=1S/C15H24N2O2/c1-5-12(3)10-17(6-2)11-14-8-7-13(9-16-14)15(18)19-4/h7-9,12H,5-6,10-11H2,1-4H3. The zero-order valence-electron chi connectivity index (χ0n) is 12.3. The summed E-state index contributed by atoms with van der Waals surface area (Å²) in [5, 5.41) is 0. The fourth-order valence-electron chi connectivity index (χ4n) is 1.86. The largest absolute Gasteiger partial charge is 0.465 e. The van der Waals surface area contributed by atoms with E-state index in [0.29, 0.717) is 11.5 Å². The molecule has 1 aromatic rings. The number of rotatable bonds is 7. The van der Waals surface area contributed by atoms with E-state index in [4.69, 9.17) is 0 Å². The maximum absolute atomic E-state index is 11.3. The highest BCUT2D eigenvalue weighted by molar-refractivity contribution is 5.88. The highest BCUT2D eigenvalue weighted by Crippen LogP contribution is 2.09. The van der Waals surface area contributed by atoms with Gasteiger partial charge in [0.2, 0.25) is 0 Å². The Balaban J connectivity index is 2.62. The summed E-state index contributed by atoms with van der Waals surface area (Å²) >= 11 is 0. The summed E-state index contributed by atoms with van der Waals surface area (Å²) in [6.07, 6.45) is 2.77. The molecule has 0 aliphatic carbocycles. The zero-order valence-corrected chi connectivity index (χ0v) is 12.3. The molecule has 0 amide bonds. The lowest BCUT2D eigenvalue weighted by Gasteiger charge is -2.23. The van der Waals surface area contributed by atoms with Crippen molar-refractivity contribution in [3.8, 4) is 0 Å². The summed E-state index contributed by atoms with van der Waals surface area (Å²) in [5.41, 5.74) is 1.48. The Bertz CT molecular complexity index is 390. The van der Waals surface area contributed by atoms with Gasteiger partial charge in [0.15, 0.2) is 0 Å². The number of carbonyl (C=O) groups is 1. The van der Waals surface area contributed by atoms with Crippen LogP contribution in [-0.4, -0.2) is 36.1 Å². The van der Waals surface area contributed by atoms with Gasteiger partial charge in [0.25, 0.3) is 0 Å². The van der Waals surface area contributed by atoms with Gasteiger partial charge in [-0.1, -0.05) is 27.2 Å². The first-order chi connectivity index (χ1) is 9.10. The van der Waals surface area contributed by atoms with Crippen LogP contribution in [0.1, 0.15) is 43.2 Å². The van der Waals surface area contributed by atoms with Gasteiger partial charge in [-0.2, -0.15) is 0 Å². The Labute approximate surface area is 115 Å².